The van der Waals surface area contributed by atoms with Crippen molar-refractivity contribution in [2.24, 2.45) is 0 Å². The Morgan fingerprint density at radius 1 is 1.11 bits per heavy atom. The van der Waals surface area contributed by atoms with Crippen LogP contribution in [0.3, 0.4) is 0 Å². The Morgan fingerprint density at radius 2 is 1.71 bits per heavy atom. The number of carbonyl (C=O) groups excluding carboxylic acids is 1. The lowest BCUT2D eigenvalue weighted by atomic mass is 10.1. The van der Waals surface area contributed by atoms with Crippen molar-refractivity contribution in [2.75, 3.05) is 26.6 Å². The second kappa shape index (κ2) is 9.36. The highest BCUT2D eigenvalue weighted by molar-refractivity contribution is 9.09. The van der Waals surface area contributed by atoms with E-state index in [9.17, 15) is 9.90 Å². The largest absolute Gasteiger partial charge is 0.506 e. The average molecular weight is 452 g/mol. The first kappa shape index (κ1) is 21.4. The third kappa shape index (κ3) is 4.89. The van der Waals surface area contributed by atoms with Crippen molar-refractivity contribution in [3.8, 4) is 28.7 Å². The minimum atomic E-state index is -0.616. The lowest BCUT2D eigenvalue weighted by Crippen LogP contribution is -2.11. The second-order valence-corrected chi connectivity index (χ2v) is 7.12. The van der Waals surface area contributed by atoms with Crippen LogP contribution in [0.1, 0.15) is 17.3 Å². The van der Waals surface area contributed by atoms with Gasteiger partial charge < -0.3 is 29.4 Å². The zero-order valence-corrected chi connectivity index (χ0v) is 17.6. The molecule has 0 aliphatic carbocycles. The van der Waals surface area contributed by atoms with Gasteiger partial charge in [0.15, 0.2) is 11.5 Å². The molecular formula is C20H22BrNO6. The minimum absolute atomic E-state index is 0.0152. The Kier molecular flexibility index (Phi) is 7.17. The van der Waals surface area contributed by atoms with Gasteiger partial charge in [-0.2, -0.15) is 0 Å². The van der Waals surface area contributed by atoms with Crippen LogP contribution in [0.2, 0.25) is 0 Å². The van der Waals surface area contributed by atoms with E-state index < -0.39 is 5.97 Å². The number of aromatic hydroxyl groups is 1. The molecule has 0 saturated heterocycles. The van der Waals surface area contributed by atoms with Crippen molar-refractivity contribution in [1.82, 2.24) is 0 Å². The zero-order chi connectivity index (χ0) is 20.8. The maximum absolute atomic E-state index is 12.6. The molecular weight excluding hydrogens is 430 g/mol. The van der Waals surface area contributed by atoms with Crippen LogP contribution < -0.4 is 24.3 Å². The van der Waals surface area contributed by atoms with Crippen molar-refractivity contribution in [2.45, 2.75) is 11.8 Å². The van der Waals surface area contributed by atoms with Crippen LogP contribution in [-0.2, 0) is 0 Å². The number of carbonyl (C=O) groups is 1. The average Bonchev–Trinajstić information content (AvgIpc) is 2.68. The molecule has 0 fully saturated rings. The second-order valence-electron chi connectivity index (χ2n) is 5.75. The summed E-state index contributed by atoms with van der Waals surface area (Å²) in [7, 11) is 4.43. The summed E-state index contributed by atoms with van der Waals surface area (Å²) in [4.78, 5) is 12.5. The molecule has 2 rings (SSSR count). The predicted molar refractivity (Wildman–Crippen MR) is 110 cm³/mol. The van der Waals surface area contributed by atoms with Crippen LogP contribution in [0.25, 0.3) is 0 Å². The molecule has 0 aliphatic heterocycles. The first-order valence-electron chi connectivity index (χ1n) is 8.25. The number of rotatable bonds is 8. The number of phenols is 1. The number of esters is 1. The van der Waals surface area contributed by atoms with Gasteiger partial charge in [0.05, 0.1) is 37.4 Å². The Morgan fingerprint density at radius 3 is 2.21 bits per heavy atom. The summed E-state index contributed by atoms with van der Waals surface area (Å²) >= 11 is 3.38. The molecule has 7 nitrogen and oxygen atoms in total. The number of hydrogen-bond acceptors (Lipinski definition) is 7. The first-order valence-corrected chi connectivity index (χ1v) is 9.17. The molecule has 150 valence electrons. The third-order valence-electron chi connectivity index (χ3n) is 3.86. The summed E-state index contributed by atoms with van der Waals surface area (Å²) in [6.07, 6.45) is 0. The Balaban J connectivity index is 2.29. The SMILES string of the molecule is C=C(Nc1cc(C(=O)Oc2cc(OC)c(OC)c(OC)c2)ccc1O)C(C)Br. The third-order valence-corrected chi connectivity index (χ3v) is 4.41. The van der Waals surface area contributed by atoms with Crippen molar-refractivity contribution in [3.63, 3.8) is 0 Å². The van der Waals surface area contributed by atoms with Crippen LogP contribution in [-0.4, -0.2) is 37.2 Å². The number of anilines is 1. The highest BCUT2D eigenvalue weighted by Gasteiger charge is 2.18. The van der Waals surface area contributed by atoms with E-state index in [2.05, 4.69) is 27.8 Å². The molecule has 0 bridgehead atoms. The van der Waals surface area contributed by atoms with Gasteiger partial charge >= 0.3 is 5.97 Å². The van der Waals surface area contributed by atoms with Gasteiger partial charge in [0, 0.05) is 17.8 Å². The van der Waals surface area contributed by atoms with Gasteiger partial charge in [-0.3, -0.25) is 0 Å². The summed E-state index contributed by atoms with van der Waals surface area (Å²) in [6.45, 7) is 5.75. The molecule has 0 aromatic heterocycles. The van der Waals surface area contributed by atoms with Gasteiger partial charge in [0.25, 0.3) is 0 Å². The smallest absolute Gasteiger partial charge is 0.343 e. The molecule has 0 heterocycles. The molecule has 1 atom stereocenters. The molecule has 2 N–H and O–H groups in total. The van der Waals surface area contributed by atoms with E-state index >= 15 is 0 Å². The number of benzene rings is 2. The van der Waals surface area contributed by atoms with Gasteiger partial charge in [0.2, 0.25) is 5.75 Å². The Bertz CT molecular complexity index is 856. The van der Waals surface area contributed by atoms with Gasteiger partial charge in [0.1, 0.15) is 11.5 Å². The van der Waals surface area contributed by atoms with Gasteiger partial charge in [-0.25, -0.2) is 4.79 Å². The van der Waals surface area contributed by atoms with E-state index in [1.807, 2.05) is 6.92 Å². The maximum atomic E-state index is 12.6. The summed E-state index contributed by atoms with van der Waals surface area (Å²) in [5, 5.41) is 13.0. The van der Waals surface area contributed by atoms with Crippen molar-refractivity contribution >= 4 is 27.6 Å². The highest BCUT2D eigenvalue weighted by Crippen LogP contribution is 2.41. The topological polar surface area (TPSA) is 86.3 Å². The van der Waals surface area contributed by atoms with Gasteiger partial charge in [-0.05, 0) is 25.1 Å². The summed E-state index contributed by atoms with van der Waals surface area (Å²) < 4.78 is 21.2. The zero-order valence-electron chi connectivity index (χ0n) is 16.0. The predicted octanol–water partition coefficient (Wildman–Crippen LogP) is 4.35. The molecule has 8 heteroatoms. The van der Waals surface area contributed by atoms with Crippen molar-refractivity contribution < 1.29 is 28.8 Å². The number of hydrogen-bond donors (Lipinski definition) is 2. The molecule has 1 unspecified atom stereocenters. The van der Waals surface area contributed by atoms with Crippen molar-refractivity contribution in [3.05, 3.63) is 48.2 Å². The lowest BCUT2D eigenvalue weighted by molar-refractivity contribution is 0.0734. The summed E-state index contributed by atoms with van der Waals surface area (Å²) in [6, 6.07) is 7.39. The quantitative estimate of drug-likeness (QED) is 0.267. The lowest BCUT2D eigenvalue weighted by Gasteiger charge is -2.15. The van der Waals surface area contributed by atoms with E-state index in [4.69, 9.17) is 18.9 Å². The standard InChI is InChI=1S/C20H22BrNO6/c1-11(21)12(2)22-15-8-13(6-7-16(15)23)20(24)28-14-9-17(25-3)19(27-5)18(10-14)26-4/h6-11,22-23H,2H2,1,3-5H3. The highest BCUT2D eigenvalue weighted by atomic mass is 79.9. The molecule has 2 aromatic rings. The molecule has 0 radical (unpaired) electrons. The fourth-order valence-electron chi connectivity index (χ4n) is 2.32. The fourth-order valence-corrected chi connectivity index (χ4v) is 2.43. The number of phenolic OH excluding ortho intramolecular Hbond substituents is 1. The van der Waals surface area contributed by atoms with Crippen LogP contribution in [0.15, 0.2) is 42.6 Å². The summed E-state index contributed by atoms with van der Waals surface area (Å²) in [5.41, 5.74) is 1.21. The van der Waals surface area contributed by atoms with Gasteiger partial charge in [-0.1, -0.05) is 22.5 Å². The van der Waals surface area contributed by atoms with Crippen LogP contribution in [0.4, 0.5) is 5.69 Å². The molecule has 2 aromatic carbocycles. The Hall–Kier alpha value is -2.87. The normalized spacial score (nSPS) is 11.3. The minimum Gasteiger partial charge on any atom is -0.506 e. The monoisotopic (exact) mass is 451 g/mol. The van der Waals surface area contributed by atoms with Crippen LogP contribution in [0.5, 0.6) is 28.7 Å². The number of nitrogens with one attached hydrogen (secondary N) is 1. The maximum Gasteiger partial charge on any atom is 0.343 e. The Labute approximate surface area is 172 Å². The van der Waals surface area contributed by atoms with E-state index in [-0.39, 0.29) is 21.9 Å². The molecule has 0 aliphatic rings. The number of alkyl halides is 1. The number of halogens is 1. The van der Waals surface area contributed by atoms with E-state index in [0.717, 1.165) is 0 Å². The fraction of sp³-hybridized carbons (Fsp3) is 0.250. The molecule has 0 saturated carbocycles. The van der Waals surface area contributed by atoms with Crippen LogP contribution in [0, 0.1) is 0 Å². The van der Waals surface area contributed by atoms with E-state index in [1.54, 1.807) is 0 Å². The molecule has 28 heavy (non-hydrogen) atoms. The number of methoxy groups -OCH3 is 3. The first-order chi connectivity index (χ1) is 13.3. The number of ether oxygens (including phenoxy) is 4. The molecule has 0 spiro atoms. The van der Waals surface area contributed by atoms with Crippen LogP contribution >= 0.6 is 15.9 Å². The van der Waals surface area contributed by atoms with Gasteiger partial charge in [-0.15, -0.1) is 0 Å². The van der Waals surface area contributed by atoms with E-state index in [1.165, 1.54) is 51.7 Å². The number of allylic oxidation sites excluding steroid dienone is 1. The van der Waals surface area contributed by atoms with E-state index in [0.29, 0.717) is 28.6 Å². The van der Waals surface area contributed by atoms with Crippen molar-refractivity contribution in [1.29, 1.82) is 0 Å². The summed E-state index contributed by atoms with van der Waals surface area (Å²) in [5.74, 6) is 0.706. The molecule has 0 amide bonds.